The average Bonchev–Trinajstić information content (AvgIpc) is 2.56. The van der Waals surface area contributed by atoms with E-state index in [0.29, 0.717) is 11.4 Å². The summed E-state index contributed by atoms with van der Waals surface area (Å²) in [4.78, 5) is 0. The maximum atomic E-state index is 12.7. The lowest BCUT2D eigenvalue weighted by atomic mass is 10.2. The van der Waals surface area contributed by atoms with E-state index in [0.717, 1.165) is 12.1 Å². The van der Waals surface area contributed by atoms with E-state index >= 15 is 0 Å². The number of rotatable bonds is 5. The maximum Gasteiger partial charge on any atom is 0.416 e. The van der Waals surface area contributed by atoms with E-state index in [-0.39, 0.29) is 11.5 Å². The zero-order valence-corrected chi connectivity index (χ0v) is 12.6. The van der Waals surface area contributed by atoms with Crippen molar-refractivity contribution in [1.29, 1.82) is 10.7 Å². The summed E-state index contributed by atoms with van der Waals surface area (Å²) in [5.74, 6) is -0.0997. The first-order valence-electron chi connectivity index (χ1n) is 6.83. The number of nitrogens with zero attached hydrogens (tertiary/aromatic N) is 2. The molecule has 2 aromatic carbocycles. The first-order chi connectivity index (χ1) is 11.8. The number of ether oxygens (including phenoxy) is 1. The van der Waals surface area contributed by atoms with Gasteiger partial charge in [-0.1, -0.05) is 6.07 Å². The smallest absolute Gasteiger partial charge is 0.416 e. The highest BCUT2D eigenvalue weighted by Crippen LogP contribution is 2.32. The minimum atomic E-state index is -4.44. The molecule has 0 atom stereocenters. The van der Waals surface area contributed by atoms with Crippen LogP contribution in [0.1, 0.15) is 5.56 Å². The zero-order chi connectivity index (χ0) is 18.4. The van der Waals surface area contributed by atoms with Crippen molar-refractivity contribution in [2.45, 2.75) is 6.18 Å². The number of nitriles is 1. The molecule has 0 saturated heterocycles. The quantitative estimate of drug-likeness (QED) is 0.435. The van der Waals surface area contributed by atoms with Gasteiger partial charge in [0.2, 0.25) is 5.71 Å². The number of anilines is 1. The second-order valence-corrected chi connectivity index (χ2v) is 4.75. The van der Waals surface area contributed by atoms with Crippen LogP contribution in [0.25, 0.3) is 0 Å². The molecule has 0 radical (unpaired) electrons. The molecular weight excluding hydrogens is 335 g/mol. The van der Waals surface area contributed by atoms with Gasteiger partial charge in [-0.25, -0.2) is 0 Å². The van der Waals surface area contributed by atoms with E-state index in [1.807, 2.05) is 0 Å². The molecule has 25 heavy (non-hydrogen) atoms. The molecule has 6 nitrogen and oxygen atoms in total. The summed E-state index contributed by atoms with van der Waals surface area (Å²) in [6.45, 7) is 0. The SMILES string of the molecule is N#C/C(=N\Nc1ccc(Oc2cccc(C(F)(F)F)c2)cc1)C(=N)N. The Morgan fingerprint density at radius 3 is 2.40 bits per heavy atom. The standard InChI is InChI=1S/C16H12F3N5O/c17-16(18,19)10-2-1-3-13(8-10)25-12-6-4-11(5-7-12)23-24-14(9-20)15(21)22/h1-8,23H,(H3,21,22)/b24-14+. The Kier molecular flexibility index (Phi) is 5.24. The minimum Gasteiger partial charge on any atom is -0.457 e. The molecule has 0 fully saturated rings. The van der Waals surface area contributed by atoms with Gasteiger partial charge in [-0.15, -0.1) is 0 Å². The number of halogens is 3. The maximum absolute atomic E-state index is 12.7. The molecule has 9 heteroatoms. The Morgan fingerprint density at radius 1 is 1.16 bits per heavy atom. The Morgan fingerprint density at radius 2 is 1.84 bits per heavy atom. The second kappa shape index (κ2) is 7.35. The number of hydrogen-bond donors (Lipinski definition) is 3. The molecule has 0 bridgehead atoms. The number of hydrazone groups is 1. The van der Waals surface area contributed by atoms with Gasteiger partial charge in [-0.05, 0) is 42.5 Å². The number of alkyl halides is 3. The number of benzene rings is 2. The fourth-order valence-corrected chi connectivity index (χ4v) is 1.74. The Bertz CT molecular complexity index is 838. The third kappa shape index (κ3) is 4.97. The largest absolute Gasteiger partial charge is 0.457 e. The predicted octanol–water partition coefficient (Wildman–Crippen LogP) is 3.73. The van der Waals surface area contributed by atoms with Crippen molar-refractivity contribution in [3.63, 3.8) is 0 Å². The molecule has 0 spiro atoms. The molecule has 2 aromatic rings. The van der Waals surface area contributed by atoms with Crippen LogP contribution < -0.4 is 15.9 Å². The molecule has 0 aromatic heterocycles. The number of nitrogens with one attached hydrogen (secondary N) is 2. The van der Waals surface area contributed by atoms with Crippen LogP contribution in [0.4, 0.5) is 18.9 Å². The Hall–Kier alpha value is -3.54. The number of hydrogen-bond acceptors (Lipinski definition) is 5. The van der Waals surface area contributed by atoms with Gasteiger partial charge in [0.05, 0.1) is 11.3 Å². The van der Waals surface area contributed by atoms with Crippen molar-refractivity contribution in [3.05, 3.63) is 54.1 Å². The average molecular weight is 347 g/mol. The first-order valence-corrected chi connectivity index (χ1v) is 6.83. The minimum absolute atomic E-state index is 0.0527. The van der Waals surface area contributed by atoms with Gasteiger partial charge in [0.1, 0.15) is 17.6 Å². The van der Waals surface area contributed by atoms with Crippen LogP contribution in [0.5, 0.6) is 11.5 Å². The van der Waals surface area contributed by atoms with Crippen molar-refractivity contribution < 1.29 is 17.9 Å². The highest BCUT2D eigenvalue weighted by atomic mass is 19.4. The normalized spacial score (nSPS) is 11.5. The predicted molar refractivity (Wildman–Crippen MR) is 86.5 cm³/mol. The van der Waals surface area contributed by atoms with Gasteiger partial charge in [0.25, 0.3) is 0 Å². The number of amidine groups is 1. The highest BCUT2D eigenvalue weighted by Gasteiger charge is 2.30. The van der Waals surface area contributed by atoms with Gasteiger partial charge < -0.3 is 10.5 Å². The van der Waals surface area contributed by atoms with E-state index in [2.05, 4.69) is 10.5 Å². The van der Waals surface area contributed by atoms with Crippen molar-refractivity contribution in [2.24, 2.45) is 10.8 Å². The second-order valence-electron chi connectivity index (χ2n) is 4.75. The summed E-state index contributed by atoms with van der Waals surface area (Å²) >= 11 is 0. The van der Waals surface area contributed by atoms with E-state index < -0.39 is 17.6 Å². The third-order valence-electron chi connectivity index (χ3n) is 2.91. The highest BCUT2D eigenvalue weighted by molar-refractivity contribution is 6.45. The molecule has 0 aliphatic heterocycles. The molecule has 0 saturated carbocycles. The van der Waals surface area contributed by atoms with Crippen LogP contribution in [0, 0.1) is 16.7 Å². The first kappa shape index (κ1) is 17.8. The Balaban J connectivity index is 2.09. The third-order valence-corrected chi connectivity index (χ3v) is 2.91. The van der Waals surface area contributed by atoms with Gasteiger partial charge in [0.15, 0.2) is 5.84 Å². The van der Waals surface area contributed by atoms with Crippen molar-refractivity contribution in [1.82, 2.24) is 0 Å². The topological polar surface area (TPSA) is 107 Å². The van der Waals surface area contributed by atoms with Gasteiger partial charge in [-0.2, -0.15) is 23.5 Å². The summed E-state index contributed by atoms with van der Waals surface area (Å²) in [6, 6.07) is 12.3. The van der Waals surface area contributed by atoms with E-state index in [1.165, 1.54) is 24.3 Å². The zero-order valence-electron chi connectivity index (χ0n) is 12.6. The van der Waals surface area contributed by atoms with Crippen LogP contribution in [-0.2, 0) is 6.18 Å². The summed E-state index contributed by atoms with van der Waals surface area (Å²) in [7, 11) is 0. The van der Waals surface area contributed by atoms with E-state index in [4.69, 9.17) is 21.1 Å². The van der Waals surface area contributed by atoms with Crippen LogP contribution in [0.15, 0.2) is 53.6 Å². The molecular formula is C16H12F3N5O. The Labute approximate surface area is 140 Å². The van der Waals surface area contributed by atoms with Crippen LogP contribution in [-0.4, -0.2) is 11.5 Å². The van der Waals surface area contributed by atoms with E-state index in [9.17, 15) is 13.2 Å². The molecule has 0 aliphatic rings. The lowest BCUT2D eigenvalue weighted by Crippen LogP contribution is -2.21. The molecule has 2 rings (SSSR count). The number of nitrogens with two attached hydrogens (primary N) is 1. The molecule has 128 valence electrons. The van der Waals surface area contributed by atoms with Crippen molar-refractivity contribution >= 4 is 17.2 Å². The van der Waals surface area contributed by atoms with Crippen molar-refractivity contribution in [2.75, 3.05) is 5.43 Å². The summed E-state index contributed by atoms with van der Waals surface area (Å²) in [5, 5.41) is 19.5. The molecule has 0 heterocycles. The van der Waals surface area contributed by atoms with Crippen LogP contribution >= 0.6 is 0 Å². The van der Waals surface area contributed by atoms with Crippen LogP contribution in [0.2, 0.25) is 0 Å². The fourth-order valence-electron chi connectivity index (χ4n) is 1.74. The molecule has 0 amide bonds. The van der Waals surface area contributed by atoms with Gasteiger partial charge in [-0.3, -0.25) is 10.8 Å². The molecule has 0 unspecified atom stereocenters. The summed E-state index contributed by atoms with van der Waals surface area (Å²) < 4.78 is 43.4. The fraction of sp³-hybridized carbons (Fsp3) is 0.0625. The molecule has 4 N–H and O–H groups in total. The monoisotopic (exact) mass is 347 g/mol. The van der Waals surface area contributed by atoms with Crippen LogP contribution in [0.3, 0.4) is 0 Å². The van der Waals surface area contributed by atoms with Crippen molar-refractivity contribution in [3.8, 4) is 17.6 Å². The molecule has 0 aliphatic carbocycles. The summed E-state index contributed by atoms with van der Waals surface area (Å²) in [5.41, 5.74) is 7.09. The lowest BCUT2D eigenvalue weighted by Gasteiger charge is -2.10. The van der Waals surface area contributed by atoms with E-state index in [1.54, 1.807) is 18.2 Å². The van der Waals surface area contributed by atoms with Gasteiger partial charge >= 0.3 is 6.18 Å². The summed E-state index contributed by atoms with van der Waals surface area (Å²) in [6.07, 6.45) is -4.44. The lowest BCUT2D eigenvalue weighted by molar-refractivity contribution is -0.137. The van der Waals surface area contributed by atoms with Gasteiger partial charge in [0, 0.05) is 0 Å².